The highest BCUT2D eigenvalue weighted by Crippen LogP contribution is 2.27. The maximum Gasteiger partial charge on any atom is 0.327 e. The Labute approximate surface area is 109 Å². The van der Waals surface area contributed by atoms with Crippen molar-refractivity contribution in [1.82, 2.24) is 4.90 Å². The summed E-state index contributed by atoms with van der Waals surface area (Å²) >= 11 is 0. The fourth-order valence-corrected chi connectivity index (χ4v) is 2.54. The quantitative estimate of drug-likeness (QED) is 0.769. The minimum Gasteiger partial charge on any atom is -0.468 e. The Kier molecular flexibility index (Phi) is 4.02. The van der Waals surface area contributed by atoms with Gasteiger partial charge in [0, 0.05) is 0 Å². The number of esters is 1. The predicted octanol–water partition coefficient (Wildman–Crippen LogP) is 2.61. The van der Waals surface area contributed by atoms with Crippen molar-refractivity contribution in [3.8, 4) is 0 Å². The van der Waals surface area contributed by atoms with Crippen LogP contribution in [-0.2, 0) is 9.53 Å². The molecular weight excluding hydrogens is 226 g/mol. The number of hydrogen-bond donors (Lipinski definition) is 0. The first-order chi connectivity index (χ1) is 8.63. The fraction of sp³-hybridized carbons (Fsp3) is 0.533. The molecule has 0 N–H and O–H groups in total. The molecule has 3 nitrogen and oxygen atoms in total. The van der Waals surface area contributed by atoms with Crippen LogP contribution in [0.15, 0.2) is 18.2 Å². The van der Waals surface area contributed by atoms with Crippen molar-refractivity contribution < 1.29 is 9.53 Å². The van der Waals surface area contributed by atoms with E-state index in [4.69, 9.17) is 4.74 Å². The van der Waals surface area contributed by atoms with E-state index >= 15 is 0 Å². The molecule has 18 heavy (non-hydrogen) atoms. The number of carbonyl (C=O) groups excluding carboxylic acids is 1. The van der Waals surface area contributed by atoms with Crippen molar-refractivity contribution in [2.45, 2.75) is 32.7 Å². The minimum atomic E-state index is -0.239. The molecule has 1 aliphatic heterocycles. The third kappa shape index (κ3) is 2.56. The average molecular weight is 247 g/mol. The van der Waals surface area contributed by atoms with Gasteiger partial charge in [-0.3, -0.25) is 4.90 Å². The number of aryl methyl sites for hydroxylation is 2. The molecule has 0 radical (unpaired) electrons. The van der Waals surface area contributed by atoms with Gasteiger partial charge < -0.3 is 4.74 Å². The lowest BCUT2D eigenvalue weighted by atomic mass is 10.00. The van der Waals surface area contributed by atoms with Crippen molar-refractivity contribution >= 4 is 5.97 Å². The second kappa shape index (κ2) is 5.53. The van der Waals surface area contributed by atoms with E-state index in [2.05, 4.69) is 30.9 Å². The second-order valence-electron chi connectivity index (χ2n) is 5.01. The first-order valence-electron chi connectivity index (χ1n) is 6.52. The summed E-state index contributed by atoms with van der Waals surface area (Å²) in [5.41, 5.74) is 3.52. The smallest absolute Gasteiger partial charge is 0.327 e. The molecule has 98 valence electrons. The largest absolute Gasteiger partial charge is 0.468 e. The summed E-state index contributed by atoms with van der Waals surface area (Å²) < 4.78 is 4.97. The van der Waals surface area contributed by atoms with Gasteiger partial charge in [-0.1, -0.05) is 18.2 Å². The maximum atomic E-state index is 12.0. The summed E-state index contributed by atoms with van der Waals surface area (Å²) in [6, 6.07) is 5.99. The lowest BCUT2D eigenvalue weighted by Gasteiger charge is -2.25. The van der Waals surface area contributed by atoms with E-state index in [1.807, 2.05) is 6.07 Å². The van der Waals surface area contributed by atoms with Gasteiger partial charge in [-0.15, -0.1) is 0 Å². The van der Waals surface area contributed by atoms with E-state index in [-0.39, 0.29) is 12.0 Å². The molecule has 1 aromatic rings. The Bertz CT molecular complexity index is 436. The molecule has 3 heteroatoms. The fourth-order valence-electron chi connectivity index (χ4n) is 2.54. The molecule has 2 rings (SSSR count). The van der Waals surface area contributed by atoms with Gasteiger partial charge in [0.2, 0.25) is 0 Å². The van der Waals surface area contributed by atoms with Crippen LogP contribution in [0.5, 0.6) is 0 Å². The van der Waals surface area contributed by atoms with E-state index in [1.165, 1.54) is 31.1 Å². The van der Waals surface area contributed by atoms with Gasteiger partial charge in [0.15, 0.2) is 0 Å². The van der Waals surface area contributed by atoms with Crippen molar-refractivity contribution in [2.24, 2.45) is 0 Å². The second-order valence-corrected chi connectivity index (χ2v) is 5.01. The highest BCUT2D eigenvalue weighted by molar-refractivity contribution is 5.77. The first kappa shape index (κ1) is 13.1. The minimum absolute atomic E-state index is 0.153. The van der Waals surface area contributed by atoms with Crippen LogP contribution in [0.1, 0.15) is 35.6 Å². The van der Waals surface area contributed by atoms with Crippen LogP contribution in [-0.4, -0.2) is 31.1 Å². The third-order valence-corrected chi connectivity index (χ3v) is 3.78. The van der Waals surface area contributed by atoms with Crippen LogP contribution in [0.3, 0.4) is 0 Å². The average Bonchev–Trinajstić information content (AvgIpc) is 2.87. The van der Waals surface area contributed by atoms with Crippen LogP contribution >= 0.6 is 0 Å². The van der Waals surface area contributed by atoms with E-state index in [0.717, 1.165) is 18.7 Å². The van der Waals surface area contributed by atoms with Crippen molar-refractivity contribution in [1.29, 1.82) is 0 Å². The molecule has 1 heterocycles. The molecule has 1 atom stereocenters. The third-order valence-electron chi connectivity index (χ3n) is 3.78. The van der Waals surface area contributed by atoms with Crippen LogP contribution in [0.25, 0.3) is 0 Å². The summed E-state index contributed by atoms with van der Waals surface area (Å²) in [7, 11) is 1.46. The van der Waals surface area contributed by atoms with E-state index in [1.54, 1.807) is 0 Å². The molecule has 1 unspecified atom stereocenters. The Balaban J connectivity index is 2.32. The van der Waals surface area contributed by atoms with Gasteiger partial charge in [0.1, 0.15) is 6.04 Å². The Morgan fingerprint density at radius 3 is 2.44 bits per heavy atom. The Morgan fingerprint density at radius 2 is 1.89 bits per heavy atom. The SMILES string of the molecule is COC(=O)C(c1ccc(C)c(C)c1)N1CCCC1. The molecule has 0 saturated carbocycles. The number of hydrogen-bond acceptors (Lipinski definition) is 3. The molecular formula is C15H21NO2. The molecule has 0 amide bonds. The van der Waals surface area contributed by atoms with Gasteiger partial charge in [-0.2, -0.15) is 0 Å². The summed E-state index contributed by atoms with van der Waals surface area (Å²) in [4.78, 5) is 14.2. The van der Waals surface area contributed by atoms with Gasteiger partial charge >= 0.3 is 5.97 Å². The first-order valence-corrected chi connectivity index (χ1v) is 6.52. The lowest BCUT2D eigenvalue weighted by Crippen LogP contribution is -2.32. The highest BCUT2D eigenvalue weighted by atomic mass is 16.5. The van der Waals surface area contributed by atoms with Crippen LogP contribution < -0.4 is 0 Å². The highest BCUT2D eigenvalue weighted by Gasteiger charge is 2.30. The van der Waals surface area contributed by atoms with Gasteiger partial charge in [-0.05, 0) is 56.5 Å². The van der Waals surface area contributed by atoms with Crippen molar-refractivity contribution in [2.75, 3.05) is 20.2 Å². The molecule has 0 spiro atoms. The number of likely N-dealkylation sites (tertiary alicyclic amines) is 1. The molecule has 1 aliphatic rings. The van der Waals surface area contributed by atoms with E-state index < -0.39 is 0 Å². The molecule has 1 aromatic carbocycles. The molecule has 0 aromatic heterocycles. The number of nitrogens with zero attached hydrogens (tertiary/aromatic N) is 1. The van der Waals surface area contributed by atoms with Crippen LogP contribution in [0.2, 0.25) is 0 Å². The monoisotopic (exact) mass is 247 g/mol. The van der Waals surface area contributed by atoms with Gasteiger partial charge in [0.05, 0.1) is 7.11 Å². The van der Waals surface area contributed by atoms with Gasteiger partial charge in [-0.25, -0.2) is 4.79 Å². The normalized spacial score (nSPS) is 17.7. The number of methoxy groups -OCH3 is 1. The summed E-state index contributed by atoms with van der Waals surface area (Å²) in [5.74, 6) is -0.153. The number of ether oxygens (including phenoxy) is 1. The molecule has 1 fully saturated rings. The summed E-state index contributed by atoms with van der Waals surface area (Å²) in [5, 5.41) is 0. The Hall–Kier alpha value is -1.35. The standard InChI is InChI=1S/C15H21NO2/c1-11-6-7-13(10-12(11)2)14(15(17)18-3)16-8-4-5-9-16/h6-7,10,14H,4-5,8-9H2,1-3H3. The summed E-state index contributed by atoms with van der Waals surface area (Å²) in [6.45, 7) is 6.12. The van der Waals surface area contributed by atoms with Gasteiger partial charge in [0.25, 0.3) is 0 Å². The van der Waals surface area contributed by atoms with Crippen LogP contribution in [0, 0.1) is 13.8 Å². The van der Waals surface area contributed by atoms with Crippen LogP contribution in [0.4, 0.5) is 0 Å². The lowest BCUT2D eigenvalue weighted by molar-refractivity contribution is -0.146. The molecule has 0 bridgehead atoms. The summed E-state index contributed by atoms with van der Waals surface area (Å²) in [6.07, 6.45) is 2.33. The van der Waals surface area contributed by atoms with Crippen molar-refractivity contribution in [3.05, 3.63) is 34.9 Å². The van der Waals surface area contributed by atoms with E-state index in [9.17, 15) is 4.79 Å². The zero-order valence-corrected chi connectivity index (χ0v) is 11.4. The maximum absolute atomic E-state index is 12.0. The molecule has 1 saturated heterocycles. The van der Waals surface area contributed by atoms with E-state index in [0.29, 0.717) is 0 Å². The predicted molar refractivity (Wildman–Crippen MR) is 71.5 cm³/mol. The Morgan fingerprint density at radius 1 is 1.22 bits per heavy atom. The zero-order chi connectivity index (χ0) is 13.1. The topological polar surface area (TPSA) is 29.5 Å². The number of benzene rings is 1. The van der Waals surface area contributed by atoms with Crippen molar-refractivity contribution in [3.63, 3.8) is 0 Å². The zero-order valence-electron chi connectivity index (χ0n) is 11.4. The number of rotatable bonds is 3. The number of carbonyl (C=O) groups is 1. The molecule has 0 aliphatic carbocycles.